The molecule has 1 fully saturated rings. The van der Waals surface area contributed by atoms with Crippen LogP contribution in [0.3, 0.4) is 0 Å². The van der Waals surface area contributed by atoms with Gasteiger partial charge in [0.2, 0.25) is 0 Å². The summed E-state index contributed by atoms with van der Waals surface area (Å²) >= 11 is 0. The maximum Gasteiger partial charge on any atom is 0.386 e. The molecule has 23 heavy (non-hydrogen) atoms. The lowest BCUT2D eigenvalue weighted by Crippen LogP contribution is -2.11. The minimum atomic E-state index is -0.708. The van der Waals surface area contributed by atoms with Gasteiger partial charge in [-0.2, -0.15) is 0 Å². The van der Waals surface area contributed by atoms with Crippen LogP contribution in [-0.2, 0) is 14.5 Å². The number of carbonyl (C=O) groups excluding carboxylic acids is 2. The smallest absolute Gasteiger partial charge is 0.381 e. The van der Waals surface area contributed by atoms with E-state index in [1.54, 1.807) is 60.7 Å². The summed E-state index contributed by atoms with van der Waals surface area (Å²) in [5.74, 6) is -1.42. The van der Waals surface area contributed by atoms with E-state index in [0.29, 0.717) is 11.1 Å². The minimum absolute atomic E-state index is 0.318. The molecule has 1 aliphatic heterocycles. The Morgan fingerprint density at radius 3 is 1.39 bits per heavy atom. The largest absolute Gasteiger partial charge is 0.386 e. The van der Waals surface area contributed by atoms with Crippen LogP contribution in [0.2, 0.25) is 0 Å². The average Bonchev–Trinajstić information content (AvgIpc) is 3.21. The second-order valence-corrected chi connectivity index (χ2v) is 4.79. The number of carbonyl (C=O) groups is 2. The standard InChI is InChI=1S/C14H10O4.C4H8O/c15-13(11-7-3-1-4-8-11)17-18-14(16)12-9-5-2-6-10-12;1-2-4-5-3-1/h1-10H;1-4H2. The molecule has 5 heteroatoms. The lowest BCUT2D eigenvalue weighted by Gasteiger charge is -2.02. The van der Waals surface area contributed by atoms with Gasteiger partial charge in [0.05, 0.1) is 11.1 Å². The summed E-state index contributed by atoms with van der Waals surface area (Å²) in [7, 11) is 0. The number of rotatable bonds is 2. The maximum absolute atomic E-state index is 11.5. The first kappa shape index (κ1) is 16.7. The molecule has 0 amide bonds. The molecule has 2 aromatic carbocycles. The van der Waals surface area contributed by atoms with Crippen LogP contribution >= 0.6 is 0 Å². The van der Waals surface area contributed by atoms with E-state index in [1.807, 2.05) is 0 Å². The van der Waals surface area contributed by atoms with Crippen molar-refractivity contribution in [1.82, 2.24) is 0 Å². The third kappa shape index (κ3) is 5.92. The van der Waals surface area contributed by atoms with Crippen molar-refractivity contribution in [3.05, 3.63) is 71.8 Å². The van der Waals surface area contributed by atoms with Gasteiger partial charge in [0.1, 0.15) is 0 Å². The van der Waals surface area contributed by atoms with Crippen LogP contribution in [0, 0.1) is 0 Å². The lowest BCUT2D eigenvalue weighted by molar-refractivity contribution is -0.187. The van der Waals surface area contributed by atoms with Crippen LogP contribution in [-0.4, -0.2) is 25.2 Å². The highest BCUT2D eigenvalue weighted by molar-refractivity contribution is 5.92. The Morgan fingerprint density at radius 1 is 0.696 bits per heavy atom. The van der Waals surface area contributed by atoms with E-state index in [1.165, 1.54) is 12.8 Å². The predicted octanol–water partition coefficient (Wildman–Crippen LogP) is 3.41. The monoisotopic (exact) mass is 314 g/mol. The lowest BCUT2D eigenvalue weighted by atomic mass is 10.2. The van der Waals surface area contributed by atoms with E-state index in [9.17, 15) is 9.59 Å². The van der Waals surface area contributed by atoms with Gasteiger partial charge in [0.25, 0.3) is 0 Å². The molecule has 1 heterocycles. The van der Waals surface area contributed by atoms with Crippen LogP contribution in [0.25, 0.3) is 0 Å². The summed E-state index contributed by atoms with van der Waals surface area (Å²) in [6, 6.07) is 16.6. The van der Waals surface area contributed by atoms with Crippen molar-refractivity contribution in [1.29, 1.82) is 0 Å². The van der Waals surface area contributed by atoms with Crippen LogP contribution < -0.4 is 0 Å². The number of benzene rings is 2. The van der Waals surface area contributed by atoms with Crippen LogP contribution in [0.15, 0.2) is 60.7 Å². The molecule has 0 atom stereocenters. The third-order valence-corrected chi connectivity index (χ3v) is 3.04. The van der Waals surface area contributed by atoms with Crippen molar-refractivity contribution in [3.63, 3.8) is 0 Å². The zero-order valence-corrected chi connectivity index (χ0v) is 12.6. The Labute approximate surface area is 134 Å². The van der Waals surface area contributed by atoms with E-state index in [-0.39, 0.29) is 0 Å². The summed E-state index contributed by atoms with van der Waals surface area (Å²) in [6.07, 6.45) is 2.56. The van der Waals surface area contributed by atoms with E-state index in [0.717, 1.165) is 13.2 Å². The number of hydrogen-bond acceptors (Lipinski definition) is 5. The fourth-order valence-corrected chi connectivity index (χ4v) is 1.83. The van der Waals surface area contributed by atoms with Gasteiger partial charge < -0.3 is 4.74 Å². The summed E-state index contributed by atoms with van der Waals surface area (Å²) in [6.45, 7) is 2.00. The van der Waals surface area contributed by atoms with Crippen molar-refractivity contribution < 1.29 is 24.1 Å². The highest BCUT2D eigenvalue weighted by atomic mass is 17.2. The molecule has 3 rings (SSSR count). The molecule has 0 spiro atoms. The molecule has 1 aliphatic rings. The zero-order valence-electron chi connectivity index (χ0n) is 12.6. The highest BCUT2D eigenvalue weighted by Gasteiger charge is 2.12. The summed E-state index contributed by atoms with van der Waals surface area (Å²) in [5, 5.41) is 0. The summed E-state index contributed by atoms with van der Waals surface area (Å²) in [5.41, 5.74) is 0.636. The molecule has 5 nitrogen and oxygen atoms in total. The predicted molar refractivity (Wildman–Crippen MR) is 83.8 cm³/mol. The van der Waals surface area contributed by atoms with E-state index in [2.05, 4.69) is 9.78 Å². The fraction of sp³-hybridized carbons (Fsp3) is 0.222. The van der Waals surface area contributed by atoms with Gasteiger partial charge in [-0.05, 0) is 37.1 Å². The van der Waals surface area contributed by atoms with Gasteiger partial charge in [-0.25, -0.2) is 19.4 Å². The van der Waals surface area contributed by atoms with Crippen molar-refractivity contribution in [2.45, 2.75) is 12.8 Å². The molecule has 0 aromatic heterocycles. The average molecular weight is 314 g/mol. The number of ether oxygens (including phenoxy) is 1. The molecular weight excluding hydrogens is 296 g/mol. The van der Waals surface area contributed by atoms with Gasteiger partial charge in [-0.1, -0.05) is 36.4 Å². The normalized spacial score (nSPS) is 12.7. The molecule has 0 bridgehead atoms. The Morgan fingerprint density at radius 2 is 1.09 bits per heavy atom. The molecule has 0 N–H and O–H groups in total. The molecule has 2 aromatic rings. The first-order chi connectivity index (χ1) is 11.3. The Bertz CT molecular complexity index is 547. The van der Waals surface area contributed by atoms with Gasteiger partial charge in [-0.15, -0.1) is 0 Å². The third-order valence-electron chi connectivity index (χ3n) is 3.04. The topological polar surface area (TPSA) is 61.8 Å². The molecular formula is C18H18O5. The van der Waals surface area contributed by atoms with Crippen molar-refractivity contribution in [3.8, 4) is 0 Å². The fourth-order valence-electron chi connectivity index (χ4n) is 1.83. The maximum atomic E-state index is 11.5. The van der Waals surface area contributed by atoms with Gasteiger partial charge in [0, 0.05) is 13.2 Å². The molecule has 0 radical (unpaired) electrons. The highest BCUT2D eigenvalue weighted by Crippen LogP contribution is 2.05. The zero-order chi connectivity index (χ0) is 16.3. The van der Waals surface area contributed by atoms with Crippen LogP contribution in [0.1, 0.15) is 33.6 Å². The quantitative estimate of drug-likeness (QED) is 0.628. The van der Waals surface area contributed by atoms with Gasteiger partial charge in [0.15, 0.2) is 0 Å². The van der Waals surface area contributed by atoms with Gasteiger partial charge >= 0.3 is 11.9 Å². The Kier molecular flexibility index (Phi) is 6.81. The van der Waals surface area contributed by atoms with Crippen molar-refractivity contribution in [2.75, 3.05) is 13.2 Å². The molecule has 1 saturated heterocycles. The van der Waals surface area contributed by atoms with Crippen molar-refractivity contribution >= 4 is 11.9 Å². The summed E-state index contributed by atoms with van der Waals surface area (Å²) in [4.78, 5) is 31.9. The number of hydrogen-bond donors (Lipinski definition) is 0. The van der Waals surface area contributed by atoms with E-state index >= 15 is 0 Å². The minimum Gasteiger partial charge on any atom is -0.381 e. The van der Waals surface area contributed by atoms with E-state index < -0.39 is 11.9 Å². The molecule has 0 saturated carbocycles. The molecule has 120 valence electrons. The van der Waals surface area contributed by atoms with Gasteiger partial charge in [-0.3, -0.25) is 0 Å². The molecule has 0 aliphatic carbocycles. The second-order valence-electron chi connectivity index (χ2n) is 4.79. The Hall–Kier alpha value is -2.66. The summed E-state index contributed by atoms with van der Waals surface area (Å²) < 4.78 is 4.94. The second kappa shape index (κ2) is 9.38. The van der Waals surface area contributed by atoms with E-state index in [4.69, 9.17) is 4.74 Å². The first-order valence-corrected chi connectivity index (χ1v) is 7.38. The van der Waals surface area contributed by atoms with Crippen molar-refractivity contribution in [2.24, 2.45) is 0 Å². The SMILES string of the molecule is C1CCOC1.O=C(OOC(=O)c1ccccc1)c1ccccc1. The molecule has 0 unspecified atom stereocenters. The van der Waals surface area contributed by atoms with Crippen LogP contribution in [0.4, 0.5) is 0 Å². The van der Waals surface area contributed by atoms with Crippen LogP contribution in [0.5, 0.6) is 0 Å². The first-order valence-electron chi connectivity index (χ1n) is 7.38. The Balaban J connectivity index is 0.000000326.